The van der Waals surface area contributed by atoms with Crippen molar-refractivity contribution in [2.75, 3.05) is 13.1 Å². The van der Waals surface area contributed by atoms with Gasteiger partial charge in [-0.05, 0) is 12.0 Å². The Hall–Kier alpha value is -0.279. The van der Waals surface area contributed by atoms with E-state index in [-0.39, 0.29) is 71.0 Å². The standard InChI is InChI=1S/C13H14BF3NO2.K/c15-14(16,17)12-7-4-8-18(9-12)13(19)20-10-11-5-2-1-3-6-11;/h1-3,5-7H,4,8-10H2;/q-1;+1. The predicted octanol–water partition coefficient (Wildman–Crippen LogP) is 0.346. The molecule has 8 heteroatoms. The number of ether oxygens (including phenoxy) is 1. The summed E-state index contributed by atoms with van der Waals surface area (Å²) in [7, 11) is 0. The Morgan fingerprint density at radius 1 is 1.24 bits per heavy atom. The summed E-state index contributed by atoms with van der Waals surface area (Å²) in [6.07, 6.45) is 0.650. The molecule has 0 saturated heterocycles. The zero-order valence-electron chi connectivity index (χ0n) is 11.8. The van der Waals surface area contributed by atoms with Gasteiger partial charge in [0, 0.05) is 13.1 Å². The van der Waals surface area contributed by atoms with Crippen molar-refractivity contribution in [1.82, 2.24) is 4.90 Å². The van der Waals surface area contributed by atoms with Crippen LogP contribution in [0.25, 0.3) is 0 Å². The molecule has 3 nitrogen and oxygen atoms in total. The first kappa shape index (κ1) is 18.8. The summed E-state index contributed by atoms with van der Waals surface area (Å²) in [5, 5.41) is 0. The number of carbonyl (C=O) groups excluding carboxylic acids is 1. The van der Waals surface area contributed by atoms with Crippen molar-refractivity contribution in [2.24, 2.45) is 0 Å². The molecular weight excluding hydrogens is 309 g/mol. The monoisotopic (exact) mass is 323 g/mol. The van der Waals surface area contributed by atoms with Crippen molar-refractivity contribution in [2.45, 2.75) is 13.0 Å². The minimum Gasteiger partial charge on any atom is -0.445 e. The molecule has 0 saturated carbocycles. The van der Waals surface area contributed by atoms with Gasteiger partial charge in [0.05, 0.1) is 0 Å². The molecule has 0 fully saturated rings. The maximum absolute atomic E-state index is 12.6. The van der Waals surface area contributed by atoms with Gasteiger partial charge in [-0.2, -0.15) is 0 Å². The van der Waals surface area contributed by atoms with Crippen LogP contribution in [0.2, 0.25) is 0 Å². The fourth-order valence-corrected chi connectivity index (χ4v) is 1.97. The largest absolute Gasteiger partial charge is 1.00 e. The van der Waals surface area contributed by atoms with Crippen molar-refractivity contribution in [3.8, 4) is 0 Å². The summed E-state index contributed by atoms with van der Waals surface area (Å²) in [4.78, 5) is 12.9. The molecule has 0 atom stereocenters. The number of nitrogens with zero attached hydrogens (tertiary/aromatic N) is 1. The minimum absolute atomic E-state index is 0. The van der Waals surface area contributed by atoms with Crippen LogP contribution in [0.1, 0.15) is 12.0 Å². The summed E-state index contributed by atoms with van der Waals surface area (Å²) in [5.74, 6) is 0. The van der Waals surface area contributed by atoms with Gasteiger partial charge in [-0.25, -0.2) is 4.79 Å². The summed E-state index contributed by atoms with van der Waals surface area (Å²) in [5.41, 5.74) is 0.168. The fourth-order valence-electron chi connectivity index (χ4n) is 1.97. The smallest absolute Gasteiger partial charge is 0.445 e. The van der Waals surface area contributed by atoms with Crippen LogP contribution in [0, 0.1) is 0 Å². The van der Waals surface area contributed by atoms with Crippen molar-refractivity contribution in [3.63, 3.8) is 0 Å². The van der Waals surface area contributed by atoms with E-state index in [4.69, 9.17) is 4.74 Å². The molecule has 1 aliphatic rings. The molecular formula is C13H14BF3KNO2. The second-order valence-corrected chi connectivity index (χ2v) is 4.60. The van der Waals surface area contributed by atoms with Crippen LogP contribution in [0.5, 0.6) is 0 Å². The minimum atomic E-state index is -5.03. The van der Waals surface area contributed by atoms with E-state index in [1.54, 1.807) is 24.3 Å². The number of amides is 1. The van der Waals surface area contributed by atoms with Gasteiger partial charge in [0.15, 0.2) is 0 Å². The van der Waals surface area contributed by atoms with Crippen LogP contribution in [-0.4, -0.2) is 31.1 Å². The van der Waals surface area contributed by atoms with Gasteiger partial charge in [0.1, 0.15) is 6.61 Å². The van der Waals surface area contributed by atoms with Crippen molar-refractivity contribution < 1.29 is 73.9 Å². The molecule has 0 bridgehead atoms. The third-order valence-corrected chi connectivity index (χ3v) is 3.06. The number of benzene rings is 1. The van der Waals surface area contributed by atoms with Crippen LogP contribution in [0.15, 0.2) is 41.9 Å². The summed E-state index contributed by atoms with van der Waals surface area (Å²) < 4.78 is 43.0. The van der Waals surface area contributed by atoms with E-state index in [1.165, 1.54) is 0 Å². The molecule has 0 unspecified atom stereocenters. The van der Waals surface area contributed by atoms with E-state index >= 15 is 0 Å². The van der Waals surface area contributed by atoms with E-state index < -0.39 is 25.1 Å². The van der Waals surface area contributed by atoms with Crippen LogP contribution in [0.3, 0.4) is 0 Å². The Morgan fingerprint density at radius 3 is 2.52 bits per heavy atom. The van der Waals surface area contributed by atoms with Gasteiger partial charge < -0.3 is 22.6 Å². The van der Waals surface area contributed by atoms with Crippen LogP contribution in [-0.2, 0) is 11.3 Å². The molecule has 0 aromatic heterocycles. The first-order valence-electron chi connectivity index (χ1n) is 6.31. The number of rotatable bonds is 3. The summed E-state index contributed by atoms with van der Waals surface area (Å²) in [6.45, 7) is -5.14. The molecule has 0 N–H and O–H groups in total. The van der Waals surface area contributed by atoms with Crippen LogP contribution in [0.4, 0.5) is 17.7 Å². The maximum atomic E-state index is 12.6. The van der Waals surface area contributed by atoms with Crippen molar-refractivity contribution >= 4 is 13.1 Å². The van der Waals surface area contributed by atoms with Crippen molar-refractivity contribution in [1.29, 1.82) is 0 Å². The average Bonchev–Trinajstić information content (AvgIpc) is 2.45. The van der Waals surface area contributed by atoms with E-state index in [1.807, 2.05) is 6.07 Å². The Kier molecular flexibility index (Phi) is 7.49. The molecule has 2 rings (SSSR count). The molecule has 1 aromatic rings. The van der Waals surface area contributed by atoms with E-state index in [9.17, 15) is 17.7 Å². The van der Waals surface area contributed by atoms with E-state index in [2.05, 4.69) is 0 Å². The third-order valence-electron chi connectivity index (χ3n) is 3.06. The van der Waals surface area contributed by atoms with Crippen molar-refractivity contribution in [3.05, 3.63) is 47.4 Å². The van der Waals surface area contributed by atoms with Crippen LogP contribution < -0.4 is 51.4 Å². The van der Waals surface area contributed by atoms with E-state index in [0.29, 0.717) is 0 Å². The molecule has 0 aliphatic carbocycles. The van der Waals surface area contributed by atoms with E-state index in [0.717, 1.165) is 16.5 Å². The number of hydrogen-bond acceptors (Lipinski definition) is 2. The Balaban J connectivity index is 0.00000220. The molecule has 0 spiro atoms. The SMILES string of the molecule is O=C(OCc1ccccc1)N1CCC=C([B-](F)(F)F)C1.[K+]. The molecule has 0 radical (unpaired) electrons. The fraction of sp³-hybridized carbons (Fsp3) is 0.308. The Bertz CT molecular complexity index is 508. The predicted molar refractivity (Wildman–Crippen MR) is 70.0 cm³/mol. The molecule has 1 amide bonds. The van der Waals surface area contributed by atoms with Gasteiger partial charge in [-0.3, -0.25) is 0 Å². The maximum Gasteiger partial charge on any atom is 1.00 e. The Labute approximate surface area is 164 Å². The molecule has 108 valence electrons. The number of halogens is 3. The molecule has 1 aliphatic heterocycles. The second-order valence-electron chi connectivity index (χ2n) is 4.60. The van der Waals surface area contributed by atoms with Gasteiger partial charge in [-0.15, -0.1) is 11.5 Å². The third kappa shape index (κ3) is 5.78. The summed E-state index contributed by atoms with van der Waals surface area (Å²) >= 11 is 0. The van der Waals surface area contributed by atoms with Gasteiger partial charge in [0.25, 0.3) is 0 Å². The quantitative estimate of drug-likeness (QED) is 0.751. The Morgan fingerprint density at radius 2 is 1.90 bits per heavy atom. The first-order valence-corrected chi connectivity index (χ1v) is 6.31. The number of carbonyl (C=O) groups is 1. The molecule has 1 aromatic carbocycles. The molecule has 1 heterocycles. The van der Waals surface area contributed by atoms with Gasteiger partial charge in [0.2, 0.25) is 0 Å². The zero-order valence-corrected chi connectivity index (χ0v) is 14.9. The van der Waals surface area contributed by atoms with Gasteiger partial charge >= 0.3 is 64.5 Å². The first-order chi connectivity index (χ1) is 9.47. The normalized spacial score (nSPS) is 15.0. The molecule has 21 heavy (non-hydrogen) atoms. The second kappa shape index (κ2) is 8.38. The van der Waals surface area contributed by atoms with Gasteiger partial charge in [-0.1, -0.05) is 30.3 Å². The average molecular weight is 323 g/mol. The summed E-state index contributed by atoms with van der Waals surface area (Å²) in [6, 6.07) is 9.01. The van der Waals surface area contributed by atoms with Crippen LogP contribution >= 0.6 is 0 Å². The zero-order chi connectivity index (χ0) is 14.6. The number of hydrogen-bond donors (Lipinski definition) is 0. The topological polar surface area (TPSA) is 29.5 Å².